The van der Waals surface area contributed by atoms with Crippen molar-refractivity contribution in [3.63, 3.8) is 0 Å². The van der Waals surface area contributed by atoms with E-state index in [9.17, 15) is 4.79 Å². The quantitative estimate of drug-likeness (QED) is 0.839. The smallest absolute Gasteiger partial charge is 0.290 e. The van der Waals surface area contributed by atoms with Crippen LogP contribution in [0, 0.1) is 5.41 Å². The van der Waals surface area contributed by atoms with Crippen LogP contribution in [0.1, 0.15) is 30.8 Å². The van der Waals surface area contributed by atoms with E-state index in [-0.39, 0.29) is 12.4 Å². The predicted molar refractivity (Wildman–Crippen MR) is 101 cm³/mol. The molecule has 1 amide bonds. The molecule has 140 valence electrons. The van der Waals surface area contributed by atoms with Gasteiger partial charge in [-0.1, -0.05) is 18.2 Å². The van der Waals surface area contributed by atoms with Gasteiger partial charge in [-0.15, -0.1) is 0 Å². The number of aryl methyl sites for hydroxylation is 1. The lowest BCUT2D eigenvalue weighted by atomic mass is 9.79. The number of likely N-dealkylation sites (tertiary alicyclic amines) is 2. The molecular weight excluding hydrogens is 330 g/mol. The van der Waals surface area contributed by atoms with Crippen molar-refractivity contribution in [1.29, 1.82) is 0 Å². The molecule has 2 aromatic rings. The summed E-state index contributed by atoms with van der Waals surface area (Å²) in [5, 5.41) is 8.03. The Hall–Kier alpha value is -2.34. The van der Waals surface area contributed by atoms with Crippen LogP contribution in [-0.2, 0) is 11.8 Å². The molecule has 1 aromatic carbocycles. The van der Waals surface area contributed by atoms with Gasteiger partial charge in [-0.3, -0.25) is 9.59 Å². The number of carbonyl (C=O) groups is 2. The third kappa shape index (κ3) is 3.21. The molecule has 4 rings (SSSR count). The lowest BCUT2D eigenvalue weighted by Crippen LogP contribution is -2.59. The number of rotatable bonds is 2. The number of carboxylic acid groups (broad SMARTS) is 1. The van der Waals surface area contributed by atoms with Crippen LogP contribution in [-0.4, -0.2) is 64.1 Å². The van der Waals surface area contributed by atoms with Gasteiger partial charge in [0.25, 0.3) is 12.4 Å². The number of hydrogen-bond donors (Lipinski definition) is 1. The van der Waals surface area contributed by atoms with Crippen molar-refractivity contribution in [2.75, 3.05) is 26.2 Å². The minimum Gasteiger partial charge on any atom is -0.483 e. The first-order valence-electron chi connectivity index (χ1n) is 9.06. The largest absolute Gasteiger partial charge is 0.483 e. The van der Waals surface area contributed by atoms with E-state index in [1.165, 1.54) is 13.0 Å². The molecule has 0 atom stereocenters. The molecule has 0 saturated carbocycles. The first-order chi connectivity index (χ1) is 12.4. The molecule has 0 bridgehead atoms. The lowest BCUT2D eigenvalue weighted by Gasteiger charge is -2.48. The Bertz CT molecular complexity index is 806. The van der Waals surface area contributed by atoms with Gasteiger partial charge in [0, 0.05) is 49.0 Å². The van der Waals surface area contributed by atoms with Gasteiger partial charge >= 0.3 is 0 Å². The second kappa shape index (κ2) is 7.11. The molecule has 2 aliphatic rings. The van der Waals surface area contributed by atoms with E-state index in [4.69, 9.17) is 9.90 Å². The maximum atomic E-state index is 12.9. The molecule has 26 heavy (non-hydrogen) atoms. The van der Waals surface area contributed by atoms with E-state index in [0.717, 1.165) is 36.2 Å². The molecular formula is C20H27N3O3. The molecule has 1 N–H and O–H groups in total. The van der Waals surface area contributed by atoms with Crippen LogP contribution in [0.15, 0.2) is 30.3 Å². The maximum Gasteiger partial charge on any atom is 0.290 e. The van der Waals surface area contributed by atoms with Crippen molar-refractivity contribution >= 4 is 23.3 Å². The van der Waals surface area contributed by atoms with Crippen LogP contribution in [0.25, 0.3) is 10.9 Å². The fraction of sp³-hybridized carbons (Fsp3) is 0.500. The van der Waals surface area contributed by atoms with E-state index >= 15 is 0 Å². The minimum absolute atomic E-state index is 0.178. The molecule has 0 unspecified atom stereocenters. The van der Waals surface area contributed by atoms with Gasteiger partial charge < -0.3 is 19.5 Å². The van der Waals surface area contributed by atoms with Crippen molar-refractivity contribution < 1.29 is 14.7 Å². The monoisotopic (exact) mass is 357 g/mol. The molecule has 0 aliphatic carbocycles. The fourth-order valence-electron chi connectivity index (χ4n) is 4.23. The third-order valence-electron chi connectivity index (χ3n) is 5.71. The van der Waals surface area contributed by atoms with Gasteiger partial charge in [-0.05, 0) is 38.9 Å². The van der Waals surface area contributed by atoms with Gasteiger partial charge in [0.1, 0.15) is 5.69 Å². The van der Waals surface area contributed by atoms with Gasteiger partial charge in [-0.25, -0.2) is 0 Å². The van der Waals surface area contributed by atoms with Crippen molar-refractivity contribution in [3.8, 4) is 0 Å². The Morgan fingerprint density at radius 1 is 1.23 bits per heavy atom. The van der Waals surface area contributed by atoms with Crippen LogP contribution in [0.3, 0.4) is 0 Å². The number of carbonyl (C=O) groups excluding carboxylic acids is 1. The predicted octanol–water partition coefficient (Wildman–Crippen LogP) is 2.44. The zero-order valence-corrected chi connectivity index (χ0v) is 15.7. The number of nitrogens with zero attached hydrogens (tertiary/aromatic N) is 3. The highest BCUT2D eigenvalue weighted by atomic mass is 16.3. The number of amides is 1. The summed E-state index contributed by atoms with van der Waals surface area (Å²) in [7, 11) is 1.99. The normalized spacial score (nSPS) is 18.7. The molecule has 2 fully saturated rings. The van der Waals surface area contributed by atoms with Gasteiger partial charge in [-0.2, -0.15) is 0 Å². The summed E-state index contributed by atoms with van der Waals surface area (Å²) in [6.45, 7) is 8.41. The van der Waals surface area contributed by atoms with Gasteiger partial charge in [0.2, 0.25) is 0 Å². The molecule has 2 aliphatic heterocycles. The molecule has 6 heteroatoms. The Labute approximate surface area is 154 Å². The van der Waals surface area contributed by atoms with E-state index in [1.807, 2.05) is 34.7 Å². The van der Waals surface area contributed by atoms with Crippen LogP contribution in [0.2, 0.25) is 0 Å². The summed E-state index contributed by atoms with van der Waals surface area (Å²) >= 11 is 0. The Morgan fingerprint density at radius 3 is 2.46 bits per heavy atom. The summed E-state index contributed by atoms with van der Waals surface area (Å²) in [5.74, 6) is 0.178. The summed E-state index contributed by atoms with van der Waals surface area (Å²) in [4.78, 5) is 25.8. The summed E-state index contributed by atoms with van der Waals surface area (Å²) in [5.41, 5.74) is 2.28. The number of fused-ring (bicyclic) bond motifs is 1. The Balaban J connectivity index is 0.000000613. The van der Waals surface area contributed by atoms with Crippen molar-refractivity contribution in [2.24, 2.45) is 12.5 Å². The fourth-order valence-corrected chi connectivity index (χ4v) is 4.23. The molecule has 2 saturated heterocycles. The summed E-state index contributed by atoms with van der Waals surface area (Å²) < 4.78 is 2.03. The van der Waals surface area contributed by atoms with E-state index in [2.05, 4.69) is 30.9 Å². The van der Waals surface area contributed by atoms with E-state index < -0.39 is 0 Å². The summed E-state index contributed by atoms with van der Waals surface area (Å²) in [6.07, 6.45) is 1.23. The zero-order chi connectivity index (χ0) is 18.9. The highest BCUT2D eigenvalue weighted by molar-refractivity contribution is 5.99. The van der Waals surface area contributed by atoms with Crippen molar-refractivity contribution in [2.45, 2.75) is 26.3 Å². The van der Waals surface area contributed by atoms with Gasteiger partial charge in [0.15, 0.2) is 0 Å². The highest BCUT2D eigenvalue weighted by Crippen LogP contribution is 2.41. The maximum absolute atomic E-state index is 12.9. The van der Waals surface area contributed by atoms with Crippen LogP contribution in [0.5, 0.6) is 0 Å². The first kappa shape index (κ1) is 18.5. The highest BCUT2D eigenvalue weighted by Gasteiger charge is 2.49. The number of hydrogen-bond acceptors (Lipinski definition) is 3. The second-order valence-corrected chi connectivity index (χ2v) is 7.73. The lowest BCUT2D eigenvalue weighted by molar-refractivity contribution is -0.122. The van der Waals surface area contributed by atoms with Crippen molar-refractivity contribution in [1.82, 2.24) is 14.4 Å². The SMILES string of the molecule is CC(C)N1CCC2(CN(C(=O)c3cc4ccccc4n3C)C2)C1.O=CO. The van der Waals surface area contributed by atoms with E-state index in [0.29, 0.717) is 11.5 Å². The standard InChI is InChI=1S/C19H25N3O.CH2O2/c1-14(2)21-9-8-19(11-21)12-22(13-19)18(23)17-10-15-6-4-5-7-16(15)20(17)3;2-1-3/h4-7,10,14H,8-9,11-13H2,1-3H3;1H,(H,2,3). The third-order valence-corrected chi connectivity index (χ3v) is 5.71. The van der Waals surface area contributed by atoms with Crippen LogP contribution >= 0.6 is 0 Å². The average Bonchev–Trinajstić information content (AvgIpc) is 3.17. The Morgan fingerprint density at radius 2 is 1.88 bits per heavy atom. The summed E-state index contributed by atoms with van der Waals surface area (Å²) in [6, 6.07) is 10.8. The average molecular weight is 357 g/mol. The molecule has 3 heterocycles. The van der Waals surface area contributed by atoms with Gasteiger partial charge in [0.05, 0.1) is 0 Å². The molecule has 0 radical (unpaired) electrons. The van der Waals surface area contributed by atoms with E-state index in [1.54, 1.807) is 0 Å². The van der Waals surface area contributed by atoms with Crippen molar-refractivity contribution in [3.05, 3.63) is 36.0 Å². The second-order valence-electron chi connectivity index (χ2n) is 7.73. The topological polar surface area (TPSA) is 65.8 Å². The number of benzene rings is 1. The molecule has 6 nitrogen and oxygen atoms in total. The molecule has 1 spiro atoms. The number of para-hydroxylation sites is 1. The molecule has 1 aromatic heterocycles. The first-order valence-corrected chi connectivity index (χ1v) is 9.06. The minimum atomic E-state index is -0.250. The Kier molecular flexibility index (Phi) is 5.05. The van der Waals surface area contributed by atoms with Crippen LogP contribution in [0.4, 0.5) is 0 Å². The number of aromatic nitrogens is 1. The zero-order valence-electron chi connectivity index (χ0n) is 15.7. The van der Waals surface area contributed by atoms with Crippen LogP contribution < -0.4 is 0 Å².